The van der Waals surface area contributed by atoms with Crippen LogP contribution in [0.1, 0.15) is 36.2 Å². The lowest BCUT2D eigenvalue weighted by molar-refractivity contribution is -0.137. The molecule has 33 heavy (non-hydrogen) atoms. The van der Waals surface area contributed by atoms with E-state index in [1.165, 1.54) is 18.3 Å². The number of urea groups is 1. The highest BCUT2D eigenvalue weighted by Gasteiger charge is 2.41. The Labute approximate surface area is 194 Å². The van der Waals surface area contributed by atoms with E-state index >= 15 is 0 Å². The van der Waals surface area contributed by atoms with E-state index < -0.39 is 29.1 Å². The Morgan fingerprint density at radius 3 is 2.27 bits per heavy atom. The highest BCUT2D eigenvalue weighted by Crippen LogP contribution is 2.37. The Morgan fingerprint density at radius 2 is 1.70 bits per heavy atom. The molecule has 2 amide bonds. The van der Waals surface area contributed by atoms with Crippen LogP contribution in [-0.2, 0) is 18.1 Å². The SMILES string of the molecule is CC(C)NC(=O)N[C@@](Cc1ccccc1)(c1cc(F)cc(C(F)(F)F)c1)c1ccc(Cl)cn1. The van der Waals surface area contributed by atoms with E-state index in [9.17, 15) is 22.4 Å². The Morgan fingerprint density at radius 1 is 1.03 bits per heavy atom. The summed E-state index contributed by atoms with van der Waals surface area (Å²) in [7, 11) is 0. The summed E-state index contributed by atoms with van der Waals surface area (Å²) in [6.45, 7) is 3.48. The molecule has 0 aliphatic heterocycles. The molecule has 4 nitrogen and oxygen atoms in total. The molecule has 2 aromatic carbocycles. The van der Waals surface area contributed by atoms with E-state index in [4.69, 9.17) is 11.6 Å². The number of aromatic nitrogens is 1. The topological polar surface area (TPSA) is 54.0 Å². The lowest BCUT2D eigenvalue weighted by atomic mass is 9.79. The van der Waals surface area contributed by atoms with Gasteiger partial charge in [-0.3, -0.25) is 4.98 Å². The average molecular weight is 480 g/mol. The molecular formula is C24H22ClF4N3O. The highest BCUT2D eigenvalue weighted by molar-refractivity contribution is 6.30. The lowest BCUT2D eigenvalue weighted by Gasteiger charge is -2.36. The van der Waals surface area contributed by atoms with Crippen LogP contribution in [0.3, 0.4) is 0 Å². The summed E-state index contributed by atoms with van der Waals surface area (Å²) in [4.78, 5) is 17.1. The number of hydrogen-bond donors (Lipinski definition) is 2. The molecule has 2 N–H and O–H groups in total. The quantitative estimate of drug-likeness (QED) is 0.420. The zero-order valence-corrected chi connectivity index (χ0v) is 18.6. The Kier molecular flexibility index (Phi) is 7.27. The lowest BCUT2D eigenvalue weighted by Crippen LogP contribution is -2.53. The van der Waals surface area contributed by atoms with Crippen molar-refractivity contribution in [3.8, 4) is 0 Å². The zero-order chi connectivity index (χ0) is 24.2. The van der Waals surface area contributed by atoms with Gasteiger partial charge >= 0.3 is 12.2 Å². The summed E-state index contributed by atoms with van der Waals surface area (Å²) in [6.07, 6.45) is -3.46. The van der Waals surface area contributed by atoms with Crippen LogP contribution in [0.2, 0.25) is 5.02 Å². The molecule has 0 saturated heterocycles. The van der Waals surface area contributed by atoms with Crippen molar-refractivity contribution < 1.29 is 22.4 Å². The molecule has 0 bridgehead atoms. The maximum Gasteiger partial charge on any atom is 0.416 e. The Hall–Kier alpha value is -3.13. The third-order valence-electron chi connectivity index (χ3n) is 4.94. The fraction of sp³-hybridized carbons (Fsp3) is 0.250. The van der Waals surface area contributed by atoms with Crippen LogP contribution in [0.25, 0.3) is 0 Å². The van der Waals surface area contributed by atoms with E-state index in [1.807, 2.05) is 0 Å². The van der Waals surface area contributed by atoms with E-state index in [2.05, 4.69) is 15.6 Å². The number of amides is 2. The van der Waals surface area contributed by atoms with Crippen LogP contribution in [0.15, 0.2) is 66.9 Å². The Bertz CT molecular complexity index is 1100. The number of hydrogen-bond acceptors (Lipinski definition) is 2. The minimum atomic E-state index is -4.79. The molecule has 1 aromatic heterocycles. The summed E-state index contributed by atoms with van der Waals surface area (Å²) in [5.74, 6) is -1.09. The maximum absolute atomic E-state index is 14.5. The van der Waals surface area contributed by atoms with Crippen molar-refractivity contribution in [2.24, 2.45) is 0 Å². The van der Waals surface area contributed by atoms with Crippen molar-refractivity contribution >= 4 is 17.6 Å². The molecule has 0 aliphatic carbocycles. The molecule has 0 saturated carbocycles. The fourth-order valence-corrected chi connectivity index (χ4v) is 3.65. The van der Waals surface area contributed by atoms with Gasteiger partial charge in [-0.2, -0.15) is 13.2 Å². The minimum absolute atomic E-state index is 0.00867. The average Bonchev–Trinajstić information content (AvgIpc) is 2.73. The van der Waals surface area contributed by atoms with Gasteiger partial charge in [-0.15, -0.1) is 0 Å². The number of rotatable bonds is 6. The molecule has 0 radical (unpaired) electrons. The standard InChI is InChI=1S/C24H22ClF4N3O/c1-15(2)31-22(33)32-23(13-16-6-4-3-5-7-16,21-9-8-19(25)14-30-21)17-10-18(24(27,28)29)12-20(26)11-17/h3-12,14-15H,13H2,1-2H3,(H2,31,32,33)/t23-/m0/s1. The zero-order valence-electron chi connectivity index (χ0n) is 17.9. The van der Waals surface area contributed by atoms with Crippen LogP contribution in [0, 0.1) is 5.82 Å². The van der Waals surface area contributed by atoms with E-state index in [-0.39, 0.29) is 23.7 Å². The first kappa shape index (κ1) is 24.5. The van der Waals surface area contributed by atoms with Crippen molar-refractivity contribution in [1.82, 2.24) is 15.6 Å². The monoisotopic (exact) mass is 479 g/mol. The maximum atomic E-state index is 14.5. The van der Waals surface area contributed by atoms with Gasteiger partial charge in [0.05, 0.1) is 16.3 Å². The van der Waals surface area contributed by atoms with Gasteiger partial charge in [0.25, 0.3) is 0 Å². The molecule has 0 unspecified atom stereocenters. The van der Waals surface area contributed by atoms with Gasteiger partial charge in [0.1, 0.15) is 11.4 Å². The second kappa shape index (κ2) is 9.79. The molecule has 0 aliphatic rings. The number of alkyl halides is 3. The number of halogens is 5. The van der Waals surface area contributed by atoms with E-state index in [1.54, 1.807) is 44.2 Å². The molecule has 1 heterocycles. The van der Waals surface area contributed by atoms with Crippen molar-refractivity contribution in [2.75, 3.05) is 0 Å². The smallest absolute Gasteiger partial charge is 0.336 e. The summed E-state index contributed by atoms with van der Waals surface area (Å²) < 4.78 is 55.1. The highest BCUT2D eigenvalue weighted by atomic mass is 35.5. The molecule has 3 aromatic rings. The van der Waals surface area contributed by atoms with Gasteiger partial charge in [0.2, 0.25) is 0 Å². The first-order chi connectivity index (χ1) is 15.5. The molecule has 1 atom stereocenters. The third-order valence-corrected chi connectivity index (χ3v) is 5.16. The first-order valence-corrected chi connectivity index (χ1v) is 10.5. The number of benzene rings is 2. The summed E-state index contributed by atoms with van der Waals surface area (Å²) in [5, 5.41) is 5.75. The molecular weight excluding hydrogens is 458 g/mol. The van der Waals surface area contributed by atoms with Gasteiger partial charge in [-0.1, -0.05) is 41.9 Å². The van der Waals surface area contributed by atoms with E-state index in [0.29, 0.717) is 16.7 Å². The van der Waals surface area contributed by atoms with Crippen molar-refractivity contribution in [1.29, 1.82) is 0 Å². The van der Waals surface area contributed by atoms with E-state index in [0.717, 1.165) is 12.1 Å². The molecule has 3 rings (SSSR count). The first-order valence-electron chi connectivity index (χ1n) is 10.1. The third kappa shape index (κ3) is 6.01. The summed E-state index contributed by atoms with van der Waals surface area (Å²) in [5.41, 5.74) is -2.01. The molecule has 0 spiro atoms. The molecule has 174 valence electrons. The summed E-state index contributed by atoms with van der Waals surface area (Å²) in [6, 6.07) is 13.2. The van der Waals surface area contributed by atoms with Crippen LogP contribution in [0.5, 0.6) is 0 Å². The van der Waals surface area contributed by atoms with Gasteiger partial charge in [-0.05, 0) is 55.3 Å². The van der Waals surface area contributed by atoms with Crippen molar-refractivity contribution in [3.05, 3.63) is 100 Å². The number of nitrogens with zero attached hydrogens (tertiary/aromatic N) is 1. The minimum Gasteiger partial charge on any atom is -0.336 e. The van der Waals surface area contributed by atoms with Gasteiger partial charge in [-0.25, -0.2) is 9.18 Å². The fourth-order valence-electron chi connectivity index (χ4n) is 3.54. The second-order valence-corrected chi connectivity index (χ2v) is 8.35. The van der Waals surface area contributed by atoms with Crippen LogP contribution < -0.4 is 10.6 Å². The van der Waals surface area contributed by atoms with Crippen LogP contribution in [-0.4, -0.2) is 17.1 Å². The second-order valence-electron chi connectivity index (χ2n) is 7.91. The number of nitrogens with one attached hydrogen (secondary N) is 2. The van der Waals surface area contributed by atoms with Crippen LogP contribution in [0.4, 0.5) is 22.4 Å². The molecule has 0 fully saturated rings. The normalized spacial score (nSPS) is 13.5. The predicted octanol–water partition coefficient (Wildman–Crippen LogP) is 6.09. The van der Waals surface area contributed by atoms with Gasteiger partial charge in [0.15, 0.2) is 0 Å². The molecule has 9 heteroatoms. The van der Waals surface area contributed by atoms with Gasteiger partial charge in [0, 0.05) is 18.7 Å². The number of carbonyl (C=O) groups excluding carboxylic acids is 1. The predicted molar refractivity (Wildman–Crippen MR) is 118 cm³/mol. The van der Waals surface area contributed by atoms with Gasteiger partial charge < -0.3 is 10.6 Å². The Balaban J connectivity index is 2.29. The largest absolute Gasteiger partial charge is 0.416 e. The van der Waals surface area contributed by atoms with Crippen molar-refractivity contribution in [2.45, 2.75) is 38.0 Å². The summed E-state index contributed by atoms with van der Waals surface area (Å²) >= 11 is 5.98. The van der Waals surface area contributed by atoms with Crippen LogP contribution >= 0.6 is 11.6 Å². The number of pyridine rings is 1. The van der Waals surface area contributed by atoms with Crippen molar-refractivity contribution in [3.63, 3.8) is 0 Å². The number of carbonyl (C=O) groups is 1.